The molecule has 2 fully saturated rings. The van der Waals surface area contributed by atoms with Crippen LogP contribution in [0, 0.1) is 5.92 Å². The van der Waals surface area contributed by atoms with Gasteiger partial charge in [0.1, 0.15) is 5.65 Å². The second-order valence-corrected chi connectivity index (χ2v) is 8.61. The molecule has 1 saturated heterocycles. The van der Waals surface area contributed by atoms with Gasteiger partial charge in [0, 0.05) is 42.1 Å². The molecule has 2 aliphatic rings. The van der Waals surface area contributed by atoms with E-state index in [1.165, 1.54) is 19.3 Å². The number of carbonyl (C=O) groups is 1. The van der Waals surface area contributed by atoms with Gasteiger partial charge in [-0.15, -0.1) is 0 Å². The predicted molar refractivity (Wildman–Crippen MR) is 118 cm³/mol. The Morgan fingerprint density at radius 1 is 1.19 bits per heavy atom. The van der Waals surface area contributed by atoms with Gasteiger partial charge in [-0.05, 0) is 42.2 Å². The molecule has 4 aromatic rings. The SMILES string of the molecule is O=C(c1cnn2ccc(-c3c[nH]c4nc(CC5CCC5)ccc34)cc12)N1CCOCC1. The van der Waals surface area contributed by atoms with Crippen LogP contribution in [0.5, 0.6) is 0 Å². The summed E-state index contributed by atoms with van der Waals surface area (Å²) >= 11 is 0. The Balaban J connectivity index is 1.35. The van der Waals surface area contributed by atoms with Crippen LogP contribution in [-0.2, 0) is 11.2 Å². The van der Waals surface area contributed by atoms with Crippen molar-refractivity contribution in [3.8, 4) is 11.1 Å². The predicted octanol–water partition coefficient (Wildman–Crippen LogP) is 3.69. The van der Waals surface area contributed by atoms with Crippen molar-refractivity contribution < 1.29 is 9.53 Å². The van der Waals surface area contributed by atoms with Gasteiger partial charge in [0.25, 0.3) is 5.91 Å². The first-order valence-corrected chi connectivity index (χ1v) is 11.1. The Hall–Kier alpha value is -3.19. The van der Waals surface area contributed by atoms with Gasteiger partial charge in [-0.1, -0.05) is 19.3 Å². The highest BCUT2D eigenvalue weighted by Crippen LogP contribution is 2.32. The molecule has 5 heterocycles. The first kappa shape index (κ1) is 18.6. The van der Waals surface area contributed by atoms with E-state index in [9.17, 15) is 4.79 Å². The minimum absolute atomic E-state index is 0.0108. The zero-order valence-corrected chi connectivity index (χ0v) is 17.4. The molecule has 1 saturated carbocycles. The maximum Gasteiger partial charge on any atom is 0.257 e. The number of amides is 1. The summed E-state index contributed by atoms with van der Waals surface area (Å²) in [6.45, 7) is 2.41. The third kappa shape index (κ3) is 3.29. The Kier molecular flexibility index (Phi) is 4.49. The van der Waals surface area contributed by atoms with Gasteiger partial charge >= 0.3 is 0 Å². The van der Waals surface area contributed by atoms with Gasteiger partial charge in [-0.25, -0.2) is 9.50 Å². The number of morpholine rings is 1. The minimum Gasteiger partial charge on any atom is -0.378 e. The lowest BCUT2D eigenvalue weighted by Crippen LogP contribution is -2.40. The molecule has 1 amide bonds. The molecule has 31 heavy (non-hydrogen) atoms. The molecular weight excluding hydrogens is 390 g/mol. The van der Waals surface area contributed by atoms with Crippen LogP contribution in [0.3, 0.4) is 0 Å². The van der Waals surface area contributed by atoms with E-state index >= 15 is 0 Å². The molecule has 0 unspecified atom stereocenters. The maximum absolute atomic E-state index is 13.0. The molecule has 6 rings (SSSR count). The molecule has 158 valence electrons. The van der Waals surface area contributed by atoms with Crippen LogP contribution in [0.2, 0.25) is 0 Å². The van der Waals surface area contributed by atoms with Gasteiger partial charge in [0.15, 0.2) is 0 Å². The van der Waals surface area contributed by atoms with Crippen molar-refractivity contribution in [3.05, 3.63) is 54.1 Å². The standard InChI is InChI=1S/C24H25N5O2/c30-24(28-8-10-31-11-9-28)21-15-26-29-7-6-17(13-22(21)29)20-14-25-23-19(20)5-4-18(27-23)12-16-2-1-3-16/h4-7,13-16H,1-3,8-12H2,(H,25,27). The third-order valence-corrected chi connectivity index (χ3v) is 6.68. The van der Waals surface area contributed by atoms with Gasteiger partial charge in [0.05, 0.1) is 30.5 Å². The normalized spacial score (nSPS) is 17.4. The lowest BCUT2D eigenvalue weighted by atomic mass is 9.82. The molecule has 0 radical (unpaired) electrons. The first-order valence-electron chi connectivity index (χ1n) is 11.1. The molecular formula is C24H25N5O2. The molecule has 4 aromatic heterocycles. The first-order chi connectivity index (χ1) is 15.3. The summed E-state index contributed by atoms with van der Waals surface area (Å²) < 4.78 is 7.14. The van der Waals surface area contributed by atoms with Crippen molar-refractivity contribution in [1.29, 1.82) is 0 Å². The van der Waals surface area contributed by atoms with Crippen LogP contribution in [0.15, 0.2) is 42.9 Å². The van der Waals surface area contributed by atoms with E-state index in [-0.39, 0.29) is 5.91 Å². The van der Waals surface area contributed by atoms with Crippen LogP contribution in [0.25, 0.3) is 27.7 Å². The average Bonchev–Trinajstić information content (AvgIpc) is 3.40. The molecule has 7 nitrogen and oxygen atoms in total. The van der Waals surface area contributed by atoms with Crippen LogP contribution in [0.4, 0.5) is 0 Å². The molecule has 7 heteroatoms. The smallest absolute Gasteiger partial charge is 0.257 e. The highest BCUT2D eigenvalue weighted by molar-refractivity contribution is 6.02. The highest BCUT2D eigenvalue weighted by Gasteiger charge is 2.22. The Morgan fingerprint density at radius 2 is 2.06 bits per heavy atom. The van der Waals surface area contributed by atoms with Crippen molar-refractivity contribution in [2.24, 2.45) is 5.92 Å². The number of ether oxygens (including phenoxy) is 1. The second-order valence-electron chi connectivity index (χ2n) is 8.61. The van der Waals surface area contributed by atoms with Crippen LogP contribution in [0.1, 0.15) is 35.3 Å². The van der Waals surface area contributed by atoms with E-state index in [0.717, 1.165) is 45.7 Å². The topological polar surface area (TPSA) is 75.5 Å². The van der Waals surface area contributed by atoms with E-state index in [4.69, 9.17) is 9.72 Å². The Morgan fingerprint density at radius 3 is 2.87 bits per heavy atom. The monoisotopic (exact) mass is 415 g/mol. The minimum atomic E-state index is 0.0108. The number of nitrogens with one attached hydrogen (secondary N) is 1. The van der Waals surface area contributed by atoms with Crippen molar-refractivity contribution in [1.82, 2.24) is 24.5 Å². The van der Waals surface area contributed by atoms with Gasteiger partial charge in [-0.2, -0.15) is 5.10 Å². The van der Waals surface area contributed by atoms with Gasteiger partial charge in [0.2, 0.25) is 0 Å². The number of aromatic nitrogens is 4. The van der Waals surface area contributed by atoms with Gasteiger partial charge < -0.3 is 14.6 Å². The van der Waals surface area contributed by atoms with E-state index in [1.54, 1.807) is 10.7 Å². The zero-order chi connectivity index (χ0) is 20.8. The fourth-order valence-electron chi connectivity index (χ4n) is 4.64. The molecule has 1 aliphatic heterocycles. The number of rotatable bonds is 4. The number of hydrogen-bond acceptors (Lipinski definition) is 4. The lowest BCUT2D eigenvalue weighted by Gasteiger charge is -2.26. The molecule has 0 bridgehead atoms. The summed E-state index contributed by atoms with van der Waals surface area (Å²) in [5.41, 5.74) is 5.66. The molecule has 1 aliphatic carbocycles. The highest BCUT2D eigenvalue weighted by atomic mass is 16.5. The van der Waals surface area contributed by atoms with Gasteiger partial charge in [-0.3, -0.25) is 4.79 Å². The number of nitrogens with zero attached hydrogens (tertiary/aromatic N) is 4. The fraction of sp³-hybridized carbons (Fsp3) is 0.375. The van der Waals surface area contributed by atoms with Crippen LogP contribution < -0.4 is 0 Å². The van der Waals surface area contributed by atoms with Crippen molar-refractivity contribution in [2.75, 3.05) is 26.3 Å². The summed E-state index contributed by atoms with van der Waals surface area (Å²) in [5, 5.41) is 5.49. The summed E-state index contributed by atoms with van der Waals surface area (Å²) in [4.78, 5) is 23.1. The van der Waals surface area contributed by atoms with Crippen molar-refractivity contribution >= 4 is 22.5 Å². The van der Waals surface area contributed by atoms with Crippen LogP contribution >= 0.6 is 0 Å². The zero-order valence-electron chi connectivity index (χ0n) is 17.4. The largest absolute Gasteiger partial charge is 0.378 e. The molecule has 0 aromatic carbocycles. The van der Waals surface area contributed by atoms with E-state index in [1.807, 2.05) is 29.4 Å². The quantitative estimate of drug-likeness (QED) is 0.552. The van der Waals surface area contributed by atoms with Crippen LogP contribution in [-0.4, -0.2) is 56.7 Å². The number of aromatic amines is 1. The summed E-state index contributed by atoms with van der Waals surface area (Å²) in [5.74, 6) is 0.808. The number of pyridine rings is 2. The van der Waals surface area contributed by atoms with Crippen molar-refractivity contribution in [3.63, 3.8) is 0 Å². The molecule has 0 atom stereocenters. The Labute approximate surface area is 180 Å². The Bertz CT molecular complexity index is 1260. The van der Waals surface area contributed by atoms with Crippen molar-refractivity contribution in [2.45, 2.75) is 25.7 Å². The number of fused-ring (bicyclic) bond motifs is 2. The van der Waals surface area contributed by atoms with E-state index in [0.29, 0.717) is 31.9 Å². The number of carbonyl (C=O) groups excluding carboxylic acids is 1. The second kappa shape index (κ2) is 7.50. The summed E-state index contributed by atoms with van der Waals surface area (Å²) in [6.07, 6.45) is 10.7. The third-order valence-electron chi connectivity index (χ3n) is 6.68. The summed E-state index contributed by atoms with van der Waals surface area (Å²) in [6, 6.07) is 8.41. The van der Waals surface area contributed by atoms with E-state index < -0.39 is 0 Å². The summed E-state index contributed by atoms with van der Waals surface area (Å²) in [7, 11) is 0. The fourth-order valence-corrected chi connectivity index (χ4v) is 4.64. The molecule has 0 spiro atoms. The van der Waals surface area contributed by atoms with E-state index in [2.05, 4.69) is 22.2 Å². The average molecular weight is 415 g/mol. The lowest BCUT2D eigenvalue weighted by molar-refractivity contribution is 0.0304. The number of H-pyrrole nitrogens is 1. The maximum atomic E-state index is 13.0. The number of hydrogen-bond donors (Lipinski definition) is 1. The molecule has 1 N–H and O–H groups in total.